The van der Waals surface area contributed by atoms with Gasteiger partial charge in [-0.25, -0.2) is 0 Å². The summed E-state index contributed by atoms with van der Waals surface area (Å²) in [5.74, 6) is -0.413. The molecule has 0 N–H and O–H groups in total. The molecule has 0 spiro atoms. The summed E-state index contributed by atoms with van der Waals surface area (Å²) >= 11 is 0. The molecule has 1 heterocycles. The summed E-state index contributed by atoms with van der Waals surface area (Å²) in [5, 5.41) is 0.194. The maximum atomic E-state index is 11.9. The van der Waals surface area contributed by atoms with Crippen molar-refractivity contribution in [2.45, 2.75) is 78.1 Å². The topological polar surface area (TPSA) is 52.6 Å². The molecule has 0 aromatic heterocycles. The number of carbonyl (C=O) groups is 2. The van der Waals surface area contributed by atoms with Gasteiger partial charge in [-0.2, -0.15) is 0 Å². The predicted molar refractivity (Wildman–Crippen MR) is 85.7 cm³/mol. The highest BCUT2D eigenvalue weighted by atomic mass is 28.4. The zero-order chi connectivity index (χ0) is 16.5. The number of esters is 1. The first kappa shape index (κ1) is 18.4. The van der Waals surface area contributed by atoms with Gasteiger partial charge in [0.2, 0.25) is 0 Å². The number of ketones is 1. The molecule has 0 amide bonds. The standard InChI is InChI=1S/C16H30O4Si/c1-15(2,3)21(6,7)19-10-8-9-13-16(4,5)12(17)11-14(18)20-13/h13H,8-11H2,1-7H3/t13-/m1/s1. The molecule has 1 aliphatic rings. The minimum Gasteiger partial charge on any atom is -0.461 e. The van der Waals surface area contributed by atoms with Gasteiger partial charge in [-0.15, -0.1) is 0 Å². The van der Waals surface area contributed by atoms with Gasteiger partial charge in [0, 0.05) is 6.61 Å². The molecule has 0 bridgehead atoms. The van der Waals surface area contributed by atoms with Crippen LogP contribution in [-0.2, 0) is 18.8 Å². The van der Waals surface area contributed by atoms with Crippen molar-refractivity contribution in [3.05, 3.63) is 0 Å². The number of hydrogen-bond donors (Lipinski definition) is 0. The van der Waals surface area contributed by atoms with Gasteiger partial charge in [0.05, 0.1) is 5.41 Å². The number of rotatable bonds is 5. The van der Waals surface area contributed by atoms with Crippen LogP contribution in [0.25, 0.3) is 0 Å². The molecule has 122 valence electrons. The van der Waals surface area contributed by atoms with Gasteiger partial charge in [-0.3, -0.25) is 9.59 Å². The van der Waals surface area contributed by atoms with Gasteiger partial charge >= 0.3 is 5.97 Å². The van der Waals surface area contributed by atoms with Crippen LogP contribution < -0.4 is 0 Å². The fraction of sp³-hybridized carbons (Fsp3) is 0.875. The summed E-state index contributed by atoms with van der Waals surface area (Å²) in [5.41, 5.74) is -0.578. The molecule has 1 aliphatic heterocycles. The van der Waals surface area contributed by atoms with E-state index in [1.165, 1.54) is 0 Å². The fourth-order valence-electron chi connectivity index (χ4n) is 2.12. The SMILES string of the molecule is CC1(C)C(=O)CC(=O)O[C@@H]1CCCO[Si](C)(C)C(C)(C)C. The van der Waals surface area contributed by atoms with Crippen molar-refractivity contribution in [1.82, 2.24) is 0 Å². The van der Waals surface area contributed by atoms with Crippen LogP contribution in [0.4, 0.5) is 0 Å². The van der Waals surface area contributed by atoms with Gasteiger partial charge in [0.25, 0.3) is 0 Å². The second-order valence-corrected chi connectivity index (χ2v) is 12.9. The summed E-state index contributed by atoms with van der Waals surface area (Å²) in [6.45, 7) is 15.5. The first-order valence-electron chi connectivity index (χ1n) is 7.74. The monoisotopic (exact) mass is 314 g/mol. The van der Waals surface area contributed by atoms with E-state index in [4.69, 9.17) is 9.16 Å². The zero-order valence-electron chi connectivity index (χ0n) is 14.5. The molecule has 0 saturated carbocycles. The summed E-state index contributed by atoms with van der Waals surface area (Å²) in [6, 6.07) is 0. The van der Waals surface area contributed by atoms with E-state index in [0.717, 1.165) is 6.42 Å². The van der Waals surface area contributed by atoms with Crippen LogP contribution in [0.3, 0.4) is 0 Å². The summed E-state index contributed by atoms with van der Waals surface area (Å²) in [7, 11) is -1.73. The molecule has 4 nitrogen and oxygen atoms in total. The van der Waals surface area contributed by atoms with Crippen molar-refractivity contribution in [2.75, 3.05) is 6.61 Å². The molecule has 1 fully saturated rings. The smallest absolute Gasteiger partial charge is 0.313 e. The Morgan fingerprint density at radius 2 is 1.86 bits per heavy atom. The number of Topliss-reactive ketones (excluding diaryl/α,β-unsaturated/α-hetero) is 1. The van der Waals surface area contributed by atoms with Crippen molar-refractivity contribution >= 4 is 20.1 Å². The van der Waals surface area contributed by atoms with Crippen LogP contribution in [0.2, 0.25) is 18.1 Å². The van der Waals surface area contributed by atoms with Gasteiger partial charge in [-0.05, 0) is 44.8 Å². The Morgan fingerprint density at radius 1 is 1.29 bits per heavy atom. The third-order valence-electron chi connectivity index (χ3n) is 4.98. The lowest BCUT2D eigenvalue weighted by atomic mass is 9.77. The maximum absolute atomic E-state index is 11.9. The van der Waals surface area contributed by atoms with E-state index in [1.54, 1.807) is 0 Å². The molecule has 0 unspecified atom stereocenters. The summed E-state index contributed by atoms with van der Waals surface area (Å²) < 4.78 is 11.5. The van der Waals surface area contributed by atoms with Crippen LogP contribution >= 0.6 is 0 Å². The van der Waals surface area contributed by atoms with Gasteiger partial charge in [0.1, 0.15) is 12.5 Å². The summed E-state index contributed by atoms with van der Waals surface area (Å²) in [6.07, 6.45) is 1.07. The maximum Gasteiger partial charge on any atom is 0.313 e. The molecule has 0 aromatic carbocycles. The second-order valence-electron chi connectivity index (χ2n) is 8.05. The van der Waals surface area contributed by atoms with Crippen molar-refractivity contribution in [2.24, 2.45) is 5.41 Å². The molecule has 5 heteroatoms. The first-order valence-corrected chi connectivity index (χ1v) is 10.7. The number of carbonyl (C=O) groups excluding carboxylic acids is 2. The molecular formula is C16H30O4Si. The molecular weight excluding hydrogens is 284 g/mol. The van der Waals surface area contributed by atoms with E-state index in [9.17, 15) is 9.59 Å². The van der Waals surface area contributed by atoms with Crippen LogP contribution in [0, 0.1) is 5.41 Å². The van der Waals surface area contributed by atoms with E-state index < -0.39 is 19.7 Å². The van der Waals surface area contributed by atoms with Crippen molar-refractivity contribution in [3.8, 4) is 0 Å². The van der Waals surface area contributed by atoms with Crippen molar-refractivity contribution < 1.29 is 18.8 Å². The Labute approximate surface area is 129 Å². The van der Waals surface area contributed by atoms with Crippen molar-refractivity contribution in [1.29, 1.82) is 0 Å². The minimum absolute atomic E-state index is 0.0194. The van der Waals surface area contributed by atoms with Crippen LogP contribution in [0.5, 0.6) is 0 Å². The molecule has 0 aromatic rings. The molecule has 1 atom stereocenters. The Kier molecular flexibility index (Phi) is 5.43. The predicted octanol–water partition coefficient (Wildman–Crippen LogP) is 3.70. The number of cyclic esters (lactones) is 1. The Hall–Kier alpha value is -0.683. The molecule has 0 aliphatic carbocycles. The van der Waals surface area contributed by atoms with E-state index >= 15 is 0 Å². The van der Waals surface area contributed by atoms with Crippen LogP contribution in [0.15, 0.2) is 0 Å². The van der Waals surface area contributed by atoms with E-state index in [2.05, 4.69) is 33.9 Å². The Bertz CT molecular complexity index is 407. The molecule has 1 rings (SSSR count). The van der Waals surface area contributed by atoms with Gasteiger partial charge in [0.15, 0.2) is 14.1 Å². The fourth-order valence-corrected chi connectivity index (χ4v) is 3.21. The lowest BCUT2D eigenvalue weighted by molar-refractivity contribution is -0.170. The average Bonchev–Trinajstić information content (AvgIpc) is 2.29. The van der Waals surface area contributed by atoms with E-state index in [-0.39, 0.29) is 23.3 Å². The highest BCUT2D eigenvalue weighted by Crippen LogP contribution is 2.37. The zero-order valence-corrected chi connectivity index (χ0v) is 15.5. The van der Waals surface area contributed by atoms with Crippen molar-refractivity contribution in [3.63, 3.8) is 0 Å². The van der Waals surface area contributed by atoms with Gasteiger partial charge < -0.3 is 9.16 Å². The minimum atomic E-state index is -1.73. The molecule has 21 heavy (non-hydrogen) atoms. The third-order valence-corrected chi connectivity index (χ3v) is 9.52. The van der Waals surface area contributed by atoms with Crippen LogP contribution in [0.1, 0.15) is 53.9 Å². The highest BCUT2D eigenvalue weighted by molar-refractivity contribution is 6.74. The quantitative estimate of drug-likeness (QED) is 0.336. The number of ether oxygens (including phenoxy) is 1. The number of hydrogen-bond acceptors (Lipinski definition) is 4. The third kappa shape index (κ3) is 4.39. The Morgan fingerprint density at radius 3 is 2.38 bits per heavy atom. The second kappa shape index (κ2) is 6.21. The molecule has 1 saturated heterocycles. The normalized spacial score (nSPS) is 23.1. The average molecular weight is 314 g/mol. The van der Waals surface area contributed by atoms with Crippen LogP contribution in [-0.4, -0.2) is 32.8 Å². The lowest BCUT2D eigenvalue weighted by Crippen LogP contribution is -2.46. The molecule has 0 radical (unpaired) electrons. The first-order chi connectivity index (χ1) is 9.38. The van der Waals surface area contributed by atoms with Gasteiger partial charge in [-0.1, -0.05) is 20.8 Å². The highest BCUT2D eigenvalue weighted by Gasteiger charge is 2.44. The summed E-state index contributed by atoms with van der Waals surface area (Å²) in [4.78, 5) is 23.4. The lowest BCUT2D eigenvalue weighted by Gasteiger charge is -2.38. The largest absolute Gasteiger partial charge is 0.461 e. The Balaban J connectivity index is 2.49. The van der Waals surface area contributed by atoms with E-state index in [0.29, 0.717) is 13.0 Å². The van der Waals surface area contributed by atoms with E-state index in [1.807, 2.05) is 13.8 Å².